The average molecular weight is 887 g/mol. The van der Waals surface area contributed by atoms with Crippen LogP contribution in [0.3, 0.4) is 0 Å². The van der Waals surface area contributed by atoms with Crippen molar-refractivity contribution in [3.63, 3.8) is 0 Å². The lowest BCUT2D eigenvalue weighted by atomic mass is 9.88. The maximum Gasteiger partial charge on any atom is 0.490 e. The number of urea groups is 1. The van der Waals surface area contributed by atoms with Gasteiger partial charge in [0.1, 0.15) is 11.8 Å². The number of alkyl halides is 6. The number of piperazine rings is 1. The van der Waals surface area contributed by atoms with E-state index in [2.05, 4.69) is 46.3 Å². The number of aromatic amines is 1. The smallest absolute Gasteiger partial charge is 0.490 e. The van der Waals surface area contributed by atoms with Crippen LogP contribution in [0.1, 0.15) is 30.9 Å². The summed E-state index contributed by atoms with van der Waals surface area (Å²) in [4.78, 5) is 57.6. The Bertz CT molecular complexity index is 2040. The number of nitrogens with zero attached hydrogens (tertiary/aromatic N) is 4. The predicted molar refractivity (Wildman–Crippen MR) is 219 cm³/mol. The normalized spacial score (nSPS) is 15.8. The first-order valence-corrected chi connectivity index (χ1v) is 19.3. The monoisotopic (exact) mass is 886 g/mol. The molecule has 0 spiro atoms. The van der Waals surface area contributed by atoms with Gasteiger partial charge in [-0.2, -0.15) is 26.3 Å². The van der Waals surface area contributed by atoms with E-state index in [-0.39, 0.29) is 30.2 Å². The summed E-state index contributed by atoms with van der Waals surface area (Å²) >= 11 is 6.43. The number of fused-ring (bicyclic) bond motifs is 2. The molecule has 4 aromatic rings. The number of carboxylic acid groups (broad SMARTS) is 2. The highest BCUT2D eigenvalue weighted by Crippen LogP contribution is 2.36. The lowest BCUT2D eigenvalue weighted by molar-refractivity contribution is -0.192. The fraction of sp³-hybridized carbons (Fsp3) is 0.415. The molecule has 0 radical (unpaired) electrons. The molecule has 2 unspecified atom stereocenters. The first kappa shape index (κ1) is 49.7. The van der Waals surface area contributed by atoms with Crippen LogP contribution in [0.5, 0.6) is 5.75 Å². The summed E-state index contributed by atoms with van der Waals surface area (Å²) in [7, 11) is 4.11. The van der Waals surface area contributed by atoms with Crippen molar-refractivity contribution >= 4 is 58.3 Å². The van der Waals surface area contributed by atoms with Gasteiger partial charge in [-0.15, -0.1) is 0 Å². The predicted octanol–water partition coefficient (Wildman–Crippen LogP) is 7.50. The van der Waals surface area contributed by atoms with Crippen molar-refractivity contribution in [2.24, 2.45) is 5.92 Å². The van der Waals surface area contributed by atoms with Crippen molar-refractivity contribution in [1.29, 1.82) is 0 Å². The molecule has 6 rings (SSSR count). The molecule has 3 atom stereocenters. The number of carboxylic acids is 1. The second-order valence-electron chi connectivity index (χ2n) is 14.1. The zero-order chi connectivity index (χ0) is 45.4. The Balaban J connectivity index is 0.000000616. The second kappa shape index (κ2) is 23.3. The summed E-state index contributed by atoms with van der Waals surface area (Å²) in [6.07, 6.45) is -2.28. The number of carbonyl (C=O) groups is 4. The number of aromatic nitrogens is 1. The Kier molecular flexibility index (Phi) is 19.0. The van der Waals surface area contributed by atoms with Gasteiger partial charge in [0.05, 0.1) is 12.3 Å². The van der Waals surface area contributed by atoms with Crippen molar-refractivity contribution in [3.05, 3.63) is 89.1 Å². The minimum Gasteiger partial charge on any atom is -0.492 e. The number of para-hydroxylation sites is 3. The molecule has 1 aromatic heterocycles. The molecule has 334 valence electrons. The number of amides is 3. The summed E-state index contributed by atoms with van der Waals surface area (Å²) in [5, 5.41) is 18.9. The third kappa shape index (κ3) is 14.5. The van der Waals surface area contributed by atoms with Crippen LogP contribution in [0.4, 0.5) is 42.5 Å². The third-order valence-electron chi connectivity index (χ3n) is 9.64. The average Bonchev–Trinajstić information content (AvgIpc) is 3.63. The molecule has 61 heavy (non-hydrogen) atoms. The zero-order valence-corrected chi connectivity index (χ0v) is 34.6. The van der Waals surface area contributed by atoms with E-state index in [9.17, 15) is 35.9 Å². The number of anilines is 2. The summed E-state index contributed by atoms with van der Waals surface area (Å²) < 4.78 is 66.6. The fourth-order valence-electron chi connectivity index (χ4n) is 7.15. The Morgan fingerprint density at radius 1 is 1.00 bits per heavy atom. The van der Waals surface area contributed by atoms with Crippen molar-refractivity contribution in [2.75, 3.05) is 69.8 Å². The van der Waals surface area contributed by atoms with Crippen LogP contribution in [-0.4, -0.2) is 128 Å². The minimum atomic E-state index is -5.08. The zero-order valence-electron chi connectivity index (χ0n) is 33.8. The maximum atomic E-state index is 14.8. The van der Waals surface area contributed by atoms with E-state index < -0.39 is 24.9 Å². The highest BCUT2D eigenvalue weighted by atomic mass is 35.5. The molecule has 3 heterocycles. The van der Waals surface area contributed by atoms with Crippen LogP contribution in [-0.2, 0) is 20.8 Å². The number of aliphatic carboxylic acids is 1. The molecule has 4 N–H and O–H groups in total. The molecule has 3 aromatic carbocycles. The Hall–Kier alpha value is -5.69. The second-order valence-corrected chi connectivity index (χ2v) is 14.5. The van der Waals surface area contributed by atoms with E-state index >= 15 is 0 Å². The molecular formula is C41H49ClF6N6O7. The number of benzene rings is 3. The molecule has 3 amide bonds. The Morgan fingerprint density at radius 2 is 1.59 bits per heavy atom. The molecule has 2 aliphatic heterocycles. The molecular weight excluding hydrogens is 838 g/mol. The van der Waals surface area contributed by atoms with Crippen LogP contribution in [0.15, 0.2) is 72.9 Å². The van der Waals surface area contributed by atoms with Crippen LogP contribution >= 0.6 is 11.6 Å². The van der Waals surface area contributed by atoms with Crippen molar-refractivity contribution in [1.82, 2.24) is 20.1 Å². The van der Waals surface area contributed by atoms with Crippen LogP contribution in [0.2, 0.25) is 5.02 Å². The molecule has 13 nitrogen and oxygen atoms in total. The summed E-state index contributed by atoms with van der Waals surface area (Å²) in [5.74, 6) is -2.10. The van der Waals surface area contributed by atoms with Crippen LogP contribution < -0.4 is 19.9 Å². The molecule has 0 bridgehead atoms. The molecule has 2 aliphatic rings. The van der Waals surface area contributed by atoms with Crippen LogP contribution in [0, 0.1) is 5.92 Å². The van der Waals surface area contributed by atoms with E-state index in [1.54, 1.807) is 0 Å². The number of ether oxygens (including phenoxy) is 1. The van der Waals surface area contributed by atoms with Gasteiger partial charge in [0.2, 0.25) is 5.91 Å². The number of hydrogen-bond donors (Lipinski definition) is 4. The van der Waals surface area contributed by atoms with E-state index in [0.29, 0.717) is 44.4 Å². The quantitative estimate of drug-likeness (QED) is 0.0987. The van der Waals surface area contributed by atoms with Gasteiger partial charge >= 0.3 is 24.9 Å². The van der Waals surface area contributed by atoms with Gasteiger partial charge in [-0.1, -0.05) is 48.9 Å². The molecule has 1 saturated heterocycles. The van der Waals surface area contributed by atoms with Crippen molar-refractivity contribution < 1.29 is 60.5 Å². The summed E-state index contributed by atoms with van der Waals surface area (Å²) in [5.41, 5.74) is 4.94. The van der Waals surface area contributed by atoms with E-state index in [1.807, 2.05) is 84.4 Å². The first-order valence-electron chi connectivity index (χ1n) is 19.0. The van der Waals surface area contributed by atoms with Gasteiger partial charge in [-0.05, 0) is 80.9 Å². The van der Waals surface area contributed by atoms with Gasteiger partial charge in [0, 0.05) is 73.0 Å². The van der Waals surface area contributed by atoms with E-state index in [4.69, 9.17) is 36.1 Å². The number of H-pyrrole nitrogens is 1. The number of rotatable bonds is 9. The lowest BCUT2D eigenvalue weighted by Crippen LogP contribution is -2.58. The highest BCUT2D eigenvalue weighted by molar-refractivity contribution is 6.30. The van der Waals surface area contributed by atoms with Crippen LogP contribution in [0.25, 0.3) is 10.9 Å². The van der Waals surface area contributed by atoms with Gasteiger partial charge < -0.3 is 44.9 Å². The number of hydrogen-bond acceptors (Lipinski definition) is 7. The van der Waals surface area contributed by atoms with E-state index in [0.717, 1.165) is 52.1 Å². The summed E-state index contributed by atoms with van der Waals surface area (Å²) in [6.45, 7) is 4.49. The molecule has 1 fully saturated rings. The summed E-state index contributed by atoms with van der Waals surface area (Å²) in [6, 6.07) is 20.8. The SMILES string of the molecule is CCOc1ccccc1N1CCN(C(=O)NC(C(=O)N2C[C@@H](CN(C)C)Cc3cc(Cl)ccc32)C(C)c2c[nH]c3ccccc23)CC1.FC(F)F.O=C(O)C(F)(F)F.O=CO. The molecule has 20 heteroatoms. The maximum absolute atomic E-state index is 14.8. The van der Waals surface area contributed by atoms with Gasteiger partial charge in [0.15, 0.2) is 0 Å². The fourth-order valence-corrected chi connectivity index (χ4v) is 7.34. The van der Waals surface area contributed by atoms with Gasteiger partial charge in [-0.3, -0.25) is 9.59 Å². The van der Waals surface area contributed by atoms with E-state index in [1.165, 1.54) is 0 Å². The minimum absolute atomic E-state index is 0.118. The standard InChI is InChI=1S/C37H45ClN6O3.C2HF3O2.CHF3.CH2O2/c1-5-47-34-13-9-8-12-33(34)42-16-18-43(19-17-42)37(46)40-35(25(2)30-22-39-31-11-7-6-10-29(30)31)36(45)44-24-26(23-41(3)4)20-27-21-28(38)14-15-32(27)44;3-2(4,5)1(6)7;2-1(3)4;2-1-3/h6-15,21-22,25-26,35,39H,5,16-20,23-24H2,1-4H3,(H,40,46);(H,6,7);1H;1H,(H,2,3)/t25?,26-,35?;;;/m1.../s1. The molecule has 0 aliphatic carbocycles. The van der Waals surface area contributed by atoms with Crippen molar-refractivity contribution in [3.8, 4) is 5.75 Å². The third-order valence-corrected chi connectivity index (χ3v) is 9.88. The number of nitrogens with one attached hydrogen (secondary N) is 2. The Labute approximate surface area is 353 Å². The van der Waals surface area contributed by atoms with Gasteiger partial charge in [0.25, 0.3) is 6.47 Å². The van der Waals surface area contributed by atoms with Crippen molar-refractivity contribution in [2.45, 2.75) is 45.1 Å². The largest absolute Gasteiger partial charge is 0.492 e. The molecule has 0 saturated carbocycles. The highest BCUT2D eigenvalue weighted by Gasteiger charge is 2.39. The Morgan fingerprint density at radius 3 is 2.18 bits per heavy atom. The number of carbonyl (C=O) groups excluding carboxylic acids is 2. The topological polar surface area (TPSA) is 159 Å². The lowest BCUT2D eigenvalue weighted by Gasteiger charge is -2.40. The van der Waals surface area contributed by atoms with Gasteiger partial charge in [-0.25, -0.2) is 9.59 Å². The first-order chi connectivity index (χ1) is 28.8. The number of halogens is 7.